The Bertz CT molecular complexity index is 500. The van der Waals surface area contributed by atoms with Gasteiger partial charge < -0.3 is 0 Å². The van der Waals surface area contributed by atoms with Crippen LogP contribution in [0.3, 0.4) is 0 Å². The predicted molar refractivity (Wildman–Crippen MR) is 69.1 cm³/mol. The summed E-state index contributed by atoms with van der Waals surface area (Å²) >= 11 is 0. The van der Waals surface area contributed by atoms with E-state index in [9.17, 15) is 9.59 Å². The van der Waals surface area contributed by atoms with Crippen LogP contribution in [0.1, 0.15) is 50.2 Å². The second-order valence-corrected chi connectivity index (χ2v) is 5.20. The van der Waals surface area contributed by atoms with Gasteiger partial charge in [0.05, 0.1) is 5.69 Å². The van der Waals surface area contributed by atoms with Gasteiger partial charge in [0.15, 0.2) is 0 Å². The van der Waals surface area contributed by atoms with Gasteiger partial charge in [0.25, 0.3) is 11.5 Å². The number of rotatable bonds is 3. The molecular formula is C12H20N4O2. The third kappa shape index (κ3) is 2.95. The number of aromatic nitrogens is 2. The lowest BCUT2D eigenvalue weighted by Crippen LogP contribution is -2.38. The predicted octanol–water partition coefficient (Wildman–Crippen LogP) is 0.554. The highest BCUT2D eigenvalue weighted by Crippen LogP contribution is 2.19. The topological polar surface area (TPSA) is 90.0 Å². The molecule has 0 aliphatic heterocycles. The van der Waals surface area contributed by atoms with Crippen molar-refractivity contribution in [3.63, 3.8) is 0 Å². The Balaban J connectivity index is 3.47. The molecular weight excluding hydrogens is 232 g/mol. The fraction of sp³-hybridized carbons (Fsp3) is 0.583. The van der Waals surface area contributed by atoms with Crippen LogP contribution in [0.15, 0.2) is 10.9 Å². The minimum atomic E-state index is -0.585. The van der Waals surface area contributed by atoms with Crippen molar-refractivity contribution in [3.05, 3.63) is 27.7 Å². The second kappa shape index (κ2) is 5.30. The van der Waals surface area contributed by atoms with Crippen molar-refractivity contribution in [2.45, 2.75) is 46.1 Å². The maximum atomic E-state index is 12.0. The van der Waals surface area contributed by atoms with Gasteiger partial charge in [0.2, 0.25) is 0 Å². The molecule has 0 aromatic carbocycles. The Hall–Kier alpha value is -1.69. The SMILES string of the molecule is CCCn1nc(C(C)(C)C)cc(C(=O)NN)c1=O. The molecule has 0 saturated heterocycles. The van der Waals surface area contributed by atoms with Gasteiger partial charge in [-0.15, -0.1) is 0 Å². The summed E-state index contributed by atoms with van der Waals surface area (Å²) in [7, 11) is 0. The van der Waals surface area contributed by atoms with E-state index in [-0.39, 0.29) is 11.0 Å². The van der Waals surface area contributed by atoms with Crippen molar-refractivity contribution in [2.24, 2.45) is 5.84 Å². The lowest BCUT2D eigenvalue weighted by atomic mass is 9.91. The lowest BCUT2D eigenvalue weighted by Gasteiger charge is -2.19. The van der Waals surface area contributed by atoms with Gasteiger partial charge in [-0.2, -0.15) is 5.10 Å². The van der Waals surface area contributed by atoms with Crippen molar-refractivity contribution >= 4 is 5.91 Å². The van der Waals surface area contributed by atoms with Crippen LogP contribution in [0, 0.1) is 0 Å². The van der Waals surface area contributed by atoms with Crippen molar-refractivity contribution in [1.29, 1.82) is 0 Å². The van der Waals surface area contributed by atoms with Crippen LogP contribution < -0.4 is 16.8 Å². The number of hydrogen-bond donors (Lipinski definition) is 2. The molecule has 0 atom stereocenters. The third-order valence-electron chi connectivity index (χ3n) is 2.55. The molecule has 3 N–H and O–H groups in total. The number of carbonyl (C=O) groups excluding carboxylic acids is 1. The van der Waals surface area contributed by atoms with E-state index in [0.717, 1.165) is 6.42 Å². The van der Waals surface area contributed by atoms with Crippen LogP contribution in [-0.2, 0) is 12.0 Å². The first-order valence-electron chi connectivity index (χ1n) is 5.94. The van der Waals surface area contributed by atoms with Gasteiger partial charge in [-0.3, -0.25) is 15.0 Å². The molecule has 0 spiro atoms. The first-order chi connectivity index (χ1) is 8.31. The molecule has 1 rings (SSSR count). The molecule has 0 fully saturated rings. The summed E-state index contributed by atoms with van der Waals surface area (Å²) in [4.78, 5) is 23.6. The Morgan fingerprint density at radius 3 is 2.56 bits per heavy atom. The number of aryl methyl sites for hydroxylation is 1. The standard InChI is InChI=1S/C12H20N4O2/c1-5-6-16-11(18)8(10(17)14-13)7-9(15-16)12(2,3)4/h7H,5-6,13H2,1-4H3,(H,14,17). The first kappa shape index (κ1) is 14.4. The van der Waals surface area contributed by atoms with Gasteiger partial charge >= 0.3 is 0 Å². The zero-order valence-corrected chi connectivity index (χ0v) is 11.3. The Labute approximate surface area is 106 Å². The minimum absolute atomic E-state index is 0.0332. The zero-order valence-electron chi connectivity index (χ0n) is 11.3. The highest BCUT2D eigenvalue weighted by molar-refractivity contribution is 5.93. The summed E-state index contributed by atoms with van der Waals surface area (Å²) < 4.78 is 1.32. The molecule has 1 heterocycles. The molecule has 0 saturated carbocycles. The smallest absolute Gasteiger partial charge is 0.279 e. The van der Waals surface area contributed by atoms with E-state index < -0.39 is 11.5 Å². The average Bonchev–Trinajstić information content (AvgIpc) is 2.29. The maximum absolute atomic E-state index is 12.0. The molecule has 0 aliphatic carbocycles. The molecule has 0 unspecified atom stereocenters. The largest absolute Gasteiger partial charge is 0.290 e. The van der Waals surface area contributed by atoms with Gasteiger partial charge in [0, 0.05) is 12.0 Å². The van der Waals surface area contributed by atoms with Crippen molar-refractivity contribution < 1.29 is 4.79 Å². The number of hydrogen-bond acceptors (Lipinski definition) is 4. The van der Waals surface area contributed by atoms with Gasteiger partial charge in [0.1, 0.15) is 5.56 Å². The molecule has 0 aliphatic rings. The molecule has 1 aromatic rings. The quantitative estimate of drug-likeness (QED) is 0.467. The van der Waals surface area contributed by atoms with E-state index >= 15 is 0 Å². The number of nitrogens with two attached hydrogens (primary N) is 1. The highest BCUT2D eigenvalue weighted by Gasteiger charge is 2.21. The van der Waals surface area contributed by atoms with Crippen LogP contribution in [-0.4, -0.2) is 15.7 Å². The van der Waals surface area contributed by atoms with Crippen molar-refractivity contribution in [3.8, 4) is 0 Å². The van der Waals surface area contributed by atoms with Gasteiger partial charge in [-0.05, 0) is 12.5 Å². The summed E-state index contributed by atoms with van der Waals surface area (Å²) in [5.74, 6) is 4.50. The fourth-order valence-electron chi connectivity index (χ4n) is 1.51. The number of nitrogen functional groups attached to an aromatic ring is 1. The second-order valence-electron chi connectivity index (χ2n) is 5.20. The maximum Gasteiger partial charge on any atom is 0.279 e. The van der Waals surface area contributed by atoms with Crippen LogP contribution in [0.4, 0.5) is 0 Å². The van der Waals surface area contributed by atoms with E-state index in [1.807, 2.05) is 33.1 Å². The van der Waals surface area contributed by atoms with Gasteiger partial charge in [-0.25, -0.2) is 10.5 Å². The molecule has 6 heteroatoms. The van der Waals surface area contributed by atoms with E-state index in [0.29, 0.717) is 12.2 Å². The van der Waals surface area contributed by atoms with Crippen LogP contribution in [0.5, 0.6) is 0 Å². The fourth-order valence-corrected chi connectivity index (χ4v) is 1.51. The minimum Gasteiger partial charge on any atom is -0.290 e. The normalized spacial score (nSPS) is 11.4. The first-order valence-corrected chi connectivity index (χ1v) is 5.94. The summed E-state index contributed by atoms with van der Waals surface area (Å²) in [6, 6.07) is 1.51. The van der Waals surface area contributed by atoms with Gasteiger partial charge in [-0.1, -0.05) is 27.7 Å². The van der Waals surface area contributed by atoms with Crippen LogP contribution in [0.25, 0.3) is 0 Å². The molecule has 0 bridgehead atoms. The van der Waals surface area contributed by atoms with E-state index in [1.54, 1.807) is 0 Å². The van der Waals surface area contributed by atoms with Crippen molar-refractivity contribution in [2.75, 3.05) is 0 Å². The molecule has 18 heavy (non-hydrogen) atoms. The highest BCUT2D eigenvalue weighted by atomic mass is 16.2. The summed E-state index contributed by atoms with van der Waals surface area (Å²) in [6.07, 6.45) is 0.768. The summed E-state index contributed by atoms with van der Waals surface area (Å²) in [5.41, 5.74) is 2.06. The molecule has 1 amide bonds. The number of nitrogens with one attached hydrogen (secondary N) is 1. The number of hydrazine groups is 1. The summed E-state index contributed by atoms with van der Waals surface area (Å²) in [6.45, 7) is 8.34. The monoisotopic (exact) mass is 252 g/mol. The van der Waals surface area contributed by atoms with Crippen molar-refractivity contribution in [1.82, 2.24) is 15.2 Å². The molecule has 1 aromatic heterocycles. The Morgan fingerprint density at radius 2 is 2.11 bits per heavy atom. The number of carbonyl (C=O) groups is 1. The number of nitrogens with zero attached hydrogens (tertiary/aromatic N) is 2. The Kier molecular flexibility index (Phi) is 4.24. The average molecular weight is 252 g/mol. The molecule has 100 valence electrons. The number of amides is 1. The third-order valence-corrected chi connectivity index (χ3v) is 2.55. The van der Waals surface area contributed by atoms with E-state index in [1.165, 1.54) is 10.7 Å². The zero-order chi connectivity index (χ0) is 13.9. The molecule has 0 radical (unpaired) electrons. The lowest BCUT2D eigenvalue weighted by molar-refractivity contribution is 0.0950. The summed E-state index contributed by atoms with van der Waals surface area (Å²) in [5, 5.41) is 4.29. The Morgan fingerprint density at radius 1 is 1.50 bits per heavy atom. The van der Waals surface area contributed by atoms with Crippen LogP contribution >= 0.6 is 0 Å². The molecule has 6 nitrogen and oxygen atoms in total. The van der Waals surface area contributed by atoms with E-state index in [4.69, 9.17) is 5.84 Å². The van der Waals surface area contributed by atoms with E-state index in [2.05, 4.69) is 5.10 Å². The van der Waals surface area contributed by atoms with Crippen LogP contribution in [0.2, 0.25) is 0 Å².